The Bertz CT molecular complexity index is 1250. The quantitative estimate of drug-likeness (QED) is 0.579. The first kappa shape index (κ1) is 23.4. The molecule has 2 heterocycles. The molecule has 0 saturated carbocycles. The van der Waals surface area contributed by atoms with Crippen LogP contribution in [0.3, 0.4) is 0 Å². The number of piperidine rings is 1. The molecule has 182 valence electrons. The molecule has 0 radical (unpaired) electrons. The van der Waals surface area contributed by atoms with E-state index in [1.807, 2.05) is 54.2 Å². The number of fused-ring (bicyclic) bond motifs is 1. The van der Waals surface area contributed by atoms with Gasteiger partial charge in [-0.25, -0.2) is 4.98 Å². The van der Waals surface area contributed by atoms with Crippen LogP contribution in [0.15, 0.2) is 54.9 Å². The van der Waals surface area contributed by atoms with Gasteiger partial charge in [0.2, 0.25) is 5.95 Å². The monoisotopic (exact) mass is 491 g/mol. The third kappa shape index (κ3) is 4.65. The van der Waals surface area contributed by atoms with Gasteiger partial charge in [-0.1, -0.05) is 29.8 Å². The number of nitrogens with zero attached hydrogens (tertiary/aromatic N) is 4. The minimum Gasteiger partial charge on any atom is -0.345 e. The fraction of sp³-hybridized carbons (Fsp3) is 0.370. The van der Waals surface area contributed by atoms with Gasteiger partial charge in [-0.2, -0.15) is 0 Å². The Morgan fingerprint density at radius 3 is 2.60 bits per heavy atom. The molecule has 2 amide bonds. The molecule has 8 heteroatoms. The molecule has 0 bridgehead atoms. The van der Waals surface area contributed by atoms with E-state index in [4.69, 9.17) is 11.6 Å². The van der Waals surface area contributed by atoms with E-state index in [0.717, 1.165) is 50.3 Å². The van der Waals surface area contributed by atoms with E-state index in [-0.39, 0.29) is 23.9 Å². The topological polar surface area (TPSA) is 70.5 Å². The van der Waals surface area contributed by atoms with Crippen molar-refractivity contribution in [1.29, 1.82) is 0 Å². The number of rotatable bonds is 5. The fourth-order valence-electron chi connectivity index (χ4n) is 5.25. The Morgan fingerprint density at radius 2 is 1.89 bits per heavy atom. The minimum atomic E-state index is -0.193. The summed E-state index contributed by atoms with van der Waals surface area (Å²) in [4.78, 5) is 34.8. The van der Waals surface area contributed by atoms with Crippen LogP contribution >= 0.6 is 11.6 Å². The van der Waals surface area contributed by atoms with E-state index >= 15 is 0 Å². The number of nitrogens with one attached hydrogen (secondary N) is 1. The van der Waals surface area contributed by atoms with Crippen molar-refractivity contribution in [3.8, 4) is 0 Å². The Kier molecular flexibility index (Phi) is 6.52. The normalized spacial score (nSPS) is 17.8. The predicted octanol–water partition coefficient (Wildman–Crippen LogP) is 4.23. The van der Waals surface area contributed by atoms with Crippen LogP contribution in [0, 0.1) is 0 Å². The number of anilines is 1. The van der Waals surface area contributed by atoms with Crippen LogP contribution < -0.4 is 10.2 Å². The van der Waals surface area contributed by atoms with Crippen molar-refractivity contribution in [2.24, 2.45) is 7.05 Å². The van der Waals surface area contributed by atoms with E-state index in [0.29, 0.717) is 16.1 Å². The lowest BCUT2D eigenvalue weighted by Crippen LogP contribution is -2.46. The number of aromatic nitrogens is 2. The molecule has 35 heavy (non-hydrogen) atoms. The molecule has 5 rings (SSSR count). The highest BCUT2D eigenvalue weighted by Crippen LogP contribution is 2.33. The maximum absolute atomic E-state index is 13.4. The Labute approximate surface area is 210 Å². The van der Waals surface area contributed by atoms with Gasteiger partial charge < -0.3 is 19.7 Å². The van der Waals surface area contributed by atoms with Crippen molar-refractivity contribution in [3.63, 3.8) is 0 Å². The Balaban J connectivity index is 1.26. The van der Waals surface area contributed by atoms with Crippen molar-refractivity contribution in [2.75, 3.05) is 25.0 Å². The Hall–Kier alpha value is -3.32. The smallest absolute Gasteiger partial charge is 0.253 e. The number of aryl methyl sites for hydroxylation is 2. The summed E-state index contributed by atoms with van der Waals surface area (Å²) < 4.78 is 2.03. The fourth-order valence-corrected chi connectivity index (χ4v) is 5.47. The summed E-state index contributed by atoms with van der Waals surface area (Å²) in [6.07, 6.45) is 7.25. The lowest BCUT2D eigenvalue weighted by Gasteiger charge is -2.37. The standard InChI is InChI=1S/C27H30ClN5O2/c1-31-16-13-29-27(31)33-14-11-20(12-15-33)32(2)26(35)19-8-7-18-9-10-24(22(18)17-19)30-25(34)21-5-3-4-6-23(21)28/h3-8,13,16-17,20,24H,9-12,14-15H2,1-2H3,(H,30,34)/t24-/m1/s1. The maximum Gasteiger partial charge on any atom is 0.253 e. The number of hydrogen-bond acceptors (Lipinski definition) is 4. The van der Waals surface area contributed by atoms with Crippen molar-refractivity contribution < 1.29 is 9.59 Å². The first-order valence-corrected chi connectivity index (χ1v) is 12.5. The SMILES string of the molecule is CN(C(=O)c1ccc2c(c1)[C@H](NC(=O)c1ccccc1Cl)CC2)C1CCN(c2nccn2C)CC1. The van der Waals surface area contributed by atoms with E-state index in [2.05, 4.69) is 15.2 Å². The van der Waals surface area contributed by atoms with Gasteiger partial charge in [0, 0.05) is 51.2 Å². The Morgan fingerprint density at radius 1 is 1.11 bits per heavy atom. The van der Waals surface area contributed by atoms with Gasteiger partial charge >= 0.3 is 0 Å². The molecule has 2 aliphatic rings. The molecule has 1 fully saturated rings. The minimum absolute atomic E-state index is 0.0197. The van der Waals surface area contributed by atoms with E-state index in [1.165, 1.54) is 5.56 Å². The summed E-state index contributed by atoms with van der Waals surface area (Å²) in [6.45, 7) is 1.74. The summed E-state index contributed by atoms with van der Waals surface area (Å²) in [5.41, 5.74) is 3.33. The first-order chi connectivity index (χ1) is 16.9. The van der Waals surface area contributed by atoms with Crippen LogP contribution in [0.1, 0.15) is 57.1 Å². The number of carbonyl (C=O) groups is 2. The van der Waals surface area contributed by atoms with Crippen LogP contribution in [-0.2, 0) is 13.5 Å². The number of carbonyl (C=O) groups excluding carboxylic acids is 2. The number of imidazole rings is 1. The van der Waals surface area contributed by atoms with Crippen LogP contribution in [0.4, 0.5) is 5.95 Å². The van der Waals surface area contributed by atoms with Crippen molar-refractivity contribution in [2.45, 2.75) is 37.8 Å². The van der Waals surface area contributed by atoms with Gasteiger partial charge in [0.15, 0.2) is 0 Å². The van der Waals surface area contributed by atoms with Gasteiger partial charge in [0.05, 0.1) is 16.6 Å². The van der Waals surface area contributed by atoms with Crippen molar-refractivity contribution in [3.05, 3.63) is 82.1 Å². The number of halogens is 1. The van der Waals surface area contributed by atoms with Gasteiger partial charge in [0.1, 0.15) is 0 Å². The van der Waals surface area contributed by atoms with E-state index in [1.54, 1.807) is 24.3 Å². The average Bonchev–Trinajstić information content (AvgIpc) is 3.49. The highest BCUT2D eigenvalue weighted by Gasteiger charge is 2.30. The molecule has 2 aromatic carbocycles. The third-order valence-corrected chi connectivity index (χ3v) is 7.64. The molecule has 1 aromatic heterocycles. The van der Waals surface area contributed by atoms with Gasteiger partial charge in [-0.15, -0.1) is 0 Å². The van der Waals surface area contributed by atoms with Gasteiger partial charge in [0.25, 0.3) is 11.8 Å². The molecule has 1 saturated heterocycles. The van der Waals surface area contributed by atoms with E-state index < -0.39 is 0 Å². The molecule has 1 aliphatic heterocycles. The van der Waals surface area contributed by atoms with Gasteiger partial charge in [-0.05, 0) is 61.1 Å². The summed E-state index contributed by atoms with van der Waals surface area (Å²) in [6, 6.07) is 13.0. The van der Waals surface area contributed by atoms with Gasteiger partial charge in [-0.3, -0.25) is 9.59 Å². The second kappa shape index (κ2) is 9.74. The lowest BCUT2D eigenvalue weighted by molar-refractivity contribution is 0.0708. The second-order valence-corrected chi connectivity index (χ2v) is 9.84. The third-order valence-electron chi connectivity index (χ3n) is 7.31. The molecule has 0 spiro atoms. The highest BCUT2D eigenvalue weighted by atomic mass is 35.5. The molecule has 7 nitrogen and oxygen atoms in total. The van der Waals surface area contributed by atoms with Crippen LogP contribution in [0.2, 0.25) is 5.02 Å². The maximum atomic E-state index is 13.4. The molecule has 1 aliphatic carbocycles. The van der Waals surface area contributed by atoms with Crippen LogP contribution in [0.5, 0.6) is 0 Å². The van der Waals surface area contributed by atoms with Crippen LogP contribution in [0.25, 0.3) is 0 Å². The van der Waals surface area contributed by atoms with E-state index in [9.17, 15) is 9.59 Å². The number of amides is 2. The predicted molar refractivity (Wildman–Crippen MR) is 137 cm³/mol. The summed E-state index contributed by atoms with van der Waals surface area (Å²) in [7, 11) is 3.90. The molecule has 0 unspecified atom stereocenters. The number of benzene rings is 2. The molecule has 3 aromatic rings. The molecular formula is C27H30ClN5O2. The second-order valence-electron chi connectivity index (χ2n) is 9.43. The average molecular weight is 492 g/mol. The summed E-state index contributed by atoms with van der Waals surface area (Å²) >= 11 is 6.21. The summed E-state index contributed by atoms with van der Waals surface area (Å²) in [5.74, 6) is 0.800. The van der Waals surface area contributed by atoms with Crippen LogP contribution in [-0.4, -0.2) is 52.4 Å². The zero-order chi connectivity index (χ0) is 24.5. The largest absolute Gasteiger partial charge is 0.345 e. The molecule has 1 N–H and O–H groups in total. The lowest BCUT2D eigenvalue weighted by atomic mass is 10.0. The summed E-state index contributed by atoms with van der Waals surface area (Å²) in [5, 5.41) is 3.55. The highest BCUT2D eigenvalue weighted by molar-refractivity contribution is 6.33. The zero-order valence-corrected chi connectivity index (χ0v) is 20.8. The molecular weight excluding hydrogens is 462 g/mol. The number of hydrogen-bond donors (Lipinski definition) is 1. The molecule has 1 atom stereocenters. The first-order valence-electron chi connectivity index (χ1n) is 12.1. The zero-order valence-electron chi connectivity index (χ0n) is 20.1. The van der Waals surface area contributed by atoms with Crippen molar-refractivity contribution >= 4 is 29.4 Å². The van der Waals surface area contributed by atoms with Crippen molar-refractivity contribution in [1.82, 2.24) is 19.8 Å².